The summed E-state index contributed by atoms with van der Waals surface area (Å²) in [6, 6.07) is 0. The number of nitrogens with zero attached hydrogens (tertiary/aromatic N) is 5. The monoisotopic (exact) mass is 261 g/mol. The third kappa shape index (κ3) is 2.36. The molecule has 0 N–H and O–H groups in total. The van der Waals surface area contributed by atoms with Crippen molar-refractivity contribution in [2.75, 3.05) is 0 Å². The predicted octanol–water partition coefficient (Wildman–Crippen LogP) is 0.763. The van der Waals surface area contributed by atoms with Crippen molar-refractivity contribution in [2.45, 2.75) is 19.6 Å². The number of Topliss-reactive ketones (excluding diaryl/α,β-unsaturated/α-hetero) is 1. The zero-order valence-electron chi connectivity index (χ0n) is 8.97. The van der Waals surface area contributed by atoms with Crippen molar-refractivity contribution < 1.29 is 22.6 Å². The smallest absolute Gasteiger partial charge is 0.282 e. The maximum Gasteiger partial charge on any atom is 0.456 e. The van der Waals surface area contributed by atoms with Gasteiger partial charge in [0.25, 0.3) is 5.78 Å². The SMILES string of the molecule is Cc1nonc1Cn1cc(C(=O)C(F)(F)F)nn1. The van der Waals surface area contributed by atoms with Gasteiger partial charge in [0.15, 0.2) is 5.69 Å². The van der Waals surface area contributed by atoms with Crippen LogP contribution in [0.3, 0.4) is 0 Å². The highest BCUT2D eigenvalue weighted by Crippen LogP contribution is 2.19. The fraction of sp³-hybridized carbons (Fsp3) is 0.375. The minimum absolute atomic E-state index is 0.0213. The fourth-order valence-electron chi connectivity index (χ4n) is 1.17. The Labute approximate surface area is 97.5 Å². The summed E-state index contributed by atoms with van der Waals surface area (Å²) < 4.78 is 41.8. The van der Waals surface area contributed by atoms with Crippen LogP contribution in [-0.2, 0) is 6.54 Å². The van der Waals surface area contributed by atoms with Gasteiger partial charge in [0.1, 0.15) is 11.4 Å². The second-order valence-electron chi connectivity index (χ2n) is 3.42. The highest BCUT2D eigenvalue weighted by Gasteiger charge is 2.41. The fourth-order valence-corrected chi connectivity index (χ4v) is 1.17. The third-order valence-electron chi connectivity index (χ3n) is 2.09. The van der Waals surface area contributed by atoms with Gasteiger partial charge < -0.3 is 0 Å². The van der Waals surface area contributed by atoms with Crippen LogP contribution in [-0.4, -0.2) is 37.3 Å². The maximum absolute atomic E-state index is 12.1. The lowest BCUT2D eigenvalue weighted by Crippen LogP contribution is -2.23. The van der Waals surface area contributed by atoms with E-state index < -0.39 is 17.7 Å². The Morgan fingerprint density at radius 3 is 2.72 bits per heavy atom. The molecule has 2 heterocycles. The lowest BCUT2D eigenvalue weighted by Gasteiger charge is -1.99. The number of hydrogen-bond acceptors (Lipinski definition) is 6. The van der Waals surface area contributed by atoms with E-state index in [-0.39, 0.29) is 6.54 Å². The Hall–Kier alpha value is -2.26. The molecule has 10 heteroatoms. The summed E-state index contributed by atoms with van der Waals surface area (Å²) >= 11 is 0. The summed E-state index contributed by atoms with van der Waals surface area (Å²) in [5.74, 6) is -2.04. The van der Waals surface area contributed by atoms with Crippen molar-refractivity contribution in [3.8, 4) is 0 Å². The number of halogens is 3. The summed E-state index contributed by atoms with van der Waals surface area (Å²) in [6.45, 7) is 1.64. The van der Waals surface area contributed by atoms with E-state index >= 15 is 0 Å². The highest BCUT2D eigenvalue weighted by atomic mass is 19.4. The summed E-state index contributed by atoms with van der Waals surface area (Å²) in [7, 11) is 0. The quantitative estimate of drug-likeness (QED) is 0.758. The van der Waals surface area contributed by atoms with Crippen LogP contribution in [0.5, 0.6) is 0 Å². The molecular weight excluding hydrogens is 255 g/mol. The second-order valence-corrected chi connectivity index (χ2v) is 3.42. The van der Waals surface area contributed by atoms with Crippen LogP contribution in [0, 0.1) is 6.92 Å². The second kappa shape index (κ2) is 4.20. The van der Waals surface area contributed by atoms with Crippen LogP contribution in [0.2, 0.25) is 0 Å². The molecule has 0 fully saturated rings. The van der Waals surface area contributed by atoms with Gasteiger partial charge >= 0.3 is 6.18 Å². The first-order valence-corrected chi connectivity index (χ1v) is 4.67. The lowest BCUT2D eigenvalue weighted by molar-refractivity contribution is -0.0888. The third-order valence-corrected chi connectivity index (χ3v) is 2.09. The number of aryl methyl sites for hydroxylation is 1. The van der Waals surface area contributed by atoms with E-state index in [0.29, 0.717) is 11.4 Å². The number of ketones is 1. The normalized spacial score (nSPS) is 11.8. The average molecular weight is 261 g/mol. The Morgan fingerprint density at radius 1 is 1.44 bits per heavy atom. The largest absolute Gasteiger partial charge is 0.456 e. The molecule has 0 atom stereocenters. The standard InChI is InChI=1S/C8H6F3N5O2/c1-4-5(14-18-13-4)2-16-3-6(12-15-16)7(17)8(9,10)11/h3H,2H2,1H3. The van der Waals surface area contributed by atoms with E-state index in [1.54, 1.807) is 6.92 Å². The van der Waals surface area contributed by atoms with Gasteiger partial charge in [-0.15, -0.1) is 5.10 Å². The molecule has 0 saturated heterocycles. The molecular formula is C8H6F3N5O2. The number of aromatic nitrogens is 5. The van der Waals surface area contributed by atoms with E-state index in [0.717, 1.165) is 10.9 Å². The van der Waals surface area contributed by atoms with Crippen molar-refractivity contribution >= 4 is 5.78 Å². The van der Waals surface area contributed by atoms with Gasteiger partial charge in [-0.2, -0.15) is 13.2 Å². The van der Waals surface area contributed by atoms with Crippen LogP contribution in [0.4, 0.5) is 13.2 Å². The van der Waals surface area contributed by atoms with Crippen LogP contribution < -0.4 is 0 Å². The predicted molar refractivity (Wildman–Crippen MR) is 48.5 cm³/mol. The molecule has 18 heavy (non-hydrogen) atoms. The molecule has 0 aliphatic rings. The summed E-state index contributed by atoms with van der Waals surface area (Å²) in [5.41, 5.74) is 0.108. The number of alkyl halides is 3. The molecule has 0 unspecified atom stereocenters. The topological polar surface area (TPSA) is 86.7 Å². The van der Waals surface area contributed by atoms with Gasteiger partial charge in [-0.1, -0.05) is 15.5 Å². The van der Waals surface area contributed by atoms with Gasteiger partial charge in [0.2, 0.25) is 0 Å². The van der Waals surface area contributed by atoms with Gasteiger partial charge in [0.05, 0.1) is 12.7 Å². The molecule has 2 aromatic heterocycles. The molecule has 0 bridgehead atoms. The first-order valence-electron chi connectivity index (χ1n) is 4.67. The van der Waals surface area contributed by atoms with Crippen LogP contribution in [0.25, 0.3) is 0 Å². The number of rotatable bonds is 3. The Balaban J connectivity index is 2.17. The minimum Gasteiger partial charge on any atom is -0.282 e. The molecule has 2 aromatic rings. The minimum atomic E-state index is -4.97. The maximum atomic E-state index is 12.1. The molecule has 7 nitrogen and oxygen atoms in total. The van der Waals surface area contributed by atoms with Crippen molar-refractivity contribution in [1.29, 1.82) is 0 Å². The lowest BCUT2D eigenvalue weighted by atomic mass is 10.3. The van der Waals surface area contributed by atoms with Gasteiger partial charge in [0, 0.05) is 0 Å². The van der Waals surface area contributed by atoms with Crippen molar-refractivity contribution in [1.82, 2.24) is 25.3 Å². The summed E-state index contributed by atoms with van der Waals surface area (Å²) in [6.07, 6.45) is -4.07. The molecule has 0 saturated carbocycles. The Bertz CT molecular complexity index is 573. The molecule has 0 spiro atoms. The molecule has 0 amide bonds. The molecule has 96 valence electrons. The molecule has 0 aliphatic heterocycles. The average Bonchev–Trinajstić information content (AvgIpc) is 2.87. The van der Waals surface area contributed by atoms with E-state index in [4.69, 9.17) is 0 Å². The van der Waals surface area contributed by atoms with E-state index in [1.165, 1.54) is 0 Å². The van der Waals surface area contributed by atoms with Crippen LogP contribution in [0.1, 0.15) is 21.9 Å². The Kier molecular flexibility index (Phi) is 2.85. The molecule has 0 aromatic carbocycles. The van der Waals surface area contributed by atoms with E-state index in [1.807, 2.05) is 0 Å². The summed E-state index contributed by atoms with van der Waals surface area (Å²) in [4.78, 5) is 10.9. The summed E-state index contributed by atoms with van der Waals surface area (Å²) in [5, 5.41) is 13.6. The van der Waals surface area contributed by atoms with Gasteiger partial charge in [-0.05, 0) is 6.92 Å². The van der Waals surface area contributed by atoms with Crippen molar-refractivity contribution in [3.05, 3.63) is 23.3 Å². The number of carbonyl (C=O) groups is 1. The first-order chi connectivity index (χ1) is 8.38. The molecule has 0 radical (unpaired) electrons. The molecule has 2 rings (SSSR count). The zero-order valence-corrected chi connectivity index (χ0v) is 8.97. The number of carbonyl (C=O) groups excluding carboxylic acids is 1. The van der Waals surface area contributed by atoms with E-state index in [2.05, 4.69) is 25.3 Å². The van der Waals surface area contributed by atoms with Gasteiger partial charge in [-0.25, -0.2) is 9.31 Å². The van der Waals surface area contributed by atoms with Crippen molar-refractivity contribution in [3.63, 3.8) is 0 Å². The highest BCUT2D eigenvalue weighted by molar-refractivity contribution is 5.98. The van der Waals surface area contributed by atoms with Crippen LogP contribution in [0.15, 0.2) is 10.8 Å². The molecule has 0 aliphatic carbocycles. The van der Waals surface area contributed by atoms with Crippen LogP contribution >= 0.6 is 0 Å². The number of hydrogen-bond donors (Lipinski definition) is 0. The Morgan fingerprint density at radius 2 is 2.17 bits per heavy atom. The van der Waals surface area contributed by atoms with Gasteiger partial charge in [-0.3, -0.25) is 4.79 Å². The first kappa shape index (κ1) is 12.2. The zero-order chi connectivity index (χ0) is 13.3. The van der Waals surface area contributed by atoms with E-state index in [9.17, 15) is 18.0 Å². The van der Waals surface area contributed by atoms with Crippen molar-refractivity contribution in [2.24, 2.45) is 0 Å².